The van der Waals surface area contributed by atoms with Crippen LogP contribution in [0.15, 0.2) is 60.7 Å². The Morgan fingerprint density at radius 3 is 2.00 bits per heavy atom. The Bertz CT molecular complexity index is 856. The van der Waals surface area contributed by atoms with Gasteiger partial charge in [0, 0.05) is 17.2 Å². The monoisotopic (exact) mass is 334 g/mol. The van der Waals surface area contributed by atoms with Gasteiger partial charge >= 0.3 is 0 Å². The van der Waals surface area contributed by atoms with Crippen molar-refractivity contribution < 1.29 is 0 Å². The van der Waals surface area contributed by atoms with E-state index in [1.54, 1.807) is 0 Å². The van der Waals surface area contributed by atoms with E-state index in [4.69, 9.17) is 12.2 Å². The van der Waals surface area contributed by atoms with Gasteiger partial charge < -0.3 is 9.55 Å². The minimum atomic E-state index is 0.509. The van der Waals surface area contributed by atoms with E-state index in [2.05, 4.69) is 70.2 Å². The van der Waals surface area contributed by atoms with Gasteiger partial charge in [-0.05, 0) is 25.1 Å². The lowest BCUT2D eigenvalue weighted by Gasteiger charge is -2.25. The van der Waals surface area contributed by atoms with Gasteiger partial charge in [-0.15, -0.1) is 0 Å². The van der Waals surface area contributed by atoms with Crippen molar-refractivity contribution in [1.82, 2.24) is 9.55 Å². The van der Waals surface area contributed by atoms with Crippen molar-refractivity contribution in [2.45, 2.75) is 38.1 Å². The predicted octanol–water partition coefficient (Wildman–Crippen LogP) is 6.38. The molecule has 0 aliphatic heterocycles. The van der Waals surface area contributed by atoms with Gasteiger partial charge in [0.25, 0.3) is 0 Å². The van der Waals surface area contributed by atoms with Crippen LogP contribution in [0.4, 0.5) is 0 Å². The van der Waals surface area contributed by atoms with E-state index in [1.807, 2.05) is 0 Å². The first-order valence-electron chi connectivity index (χ1n) is 8.80. The van der Waals surface area contributed by atoms with E-state index < -0.39 is 0 Å². The van der Waals surface area contributed by atoms with Crippen LogP contribution in [0.1, 0.15) is 38.1 Å². The van der Waals surface area contributed by atoms with Gasteiger partial charge in [-0.1, -0.05) is 79.9 Å². The van der Waals surface area contributed by atoms with Gasteiger partial charge in [0.05, 0.1) is 11.4 Å². The van der Waals surface area contributed by atoms with E-state index >= 15 is 0 Å². The van der Waals surface area contributed by atoms with Crippen LogP contribution >= 0.6 is 12.2 Å². The van der Waals surface area contributed by atoms with Crippen molar-refractivity contribution in [2.75, 3.05) is 0 Å². The molecule has 0 bridgehead atoms. The van der Waals surface area contributed by atoms with E-state index in [-0.39, 0.29) is 0 Å². The van der Waals surface area contributed by atoms with Crippen LogP contribution in [0.5, 0.6) is 0 Å². The van der Waals surface area contributed by atoms with Gasteiger partial charge in [0.15, 0.2) is 4.77 Å². The summed E-state index contributed by atoms with van der Waals surface area (Å²) in [4.78, 5) is 3.50. The molecule has 1 aliphatic carbocycles. The third-order valence-corrected chi connectivity index (χ3v) is 5.28. The quantitative estimate of drug-likeness (QED) is 0.551. The van der Waals surface area contributed by atoms with Gasteiger partial charge in [-0.3, -0.25) is 0 Å². The first-order valence-corrected chi connectivity index (χ1v) is 9.21. The van der Waals surface area contributed by atoms with Crippen molar-refractivity contribution in [2.24, 2.45) is 0 Å². The number of aromatic nitrogens is 2. The molecule has 4 rings (SSSR count). The molecule has 1 aromatic heterocycles. The molecular formula is C21H22N2S. The largest absolute Gasteiger partial charge is 0.330 e. The summed E-state index contributed by atoms with van der Waals surface area (Å²) in [6.07, 6.45) is 6.39. The normalized spacial score (nSPS) is 15.5. The summed E-state index contributed by atoms with van der Waals surface area (Å²) in [5, 5.41) is 0. The Kier molecular flexibility index (Phi) is 4.35. The molecular weight excluding hydrogens is 312 g/mol. The maximum Gasteiger partial charge on any atom is 0.178 e. The molecule has 0 spiro atoms. The number of aromatic amines is 1. The average Bonchev–Trinajstić information content (AvgIpc) is 3.01. The Hall–Kier alpha value is -2.13. The maximum atomic E-state index is 5.75. The number of hydrogen-bond donors (Lipinski definition) is 1. The SMILES string of the molecule is S=c1[nH]c(-c2ccccc2)c(-c2ccccc2)n1C1CCCCC1. The van der Waals surface area contributed by atoms with Crippen molar-refractivity contribution in [1.29, 1.82) is 0 Å². The lowest BCUT2D eigenvalue weighted by Crippen LogP contribution is -2.14. The highest BCUT2D eigenvalue weighted by Crippen LogP contribution is 2.38. The van der Waals surface area contributed by atoms with Gasteiger partial charge in [-0.25, -0.2) is 0 Å². The van der Waals surface area contributed by atoms with E-state index in [1.165, 1.54) is 48.9 Å². The van der Waals surface area contributed by atoms with Crippen LogP contribution in [0, 0.1) is 4.77 Å². The molecule has 24 heavy (non-hydrogen) atoms. The highest BCUT2D eigenvalue weighted by Gasteiger charge is 2.23. The zero-order valence-corrected chi connectivity index (χ0v) is 14.6. The maximum absolute atomic E-state index is 5.75. The zero-order chi connectivity index (χ0) is 16.4. The van der Waals surface area contributed by atoms with Crippen LogP contribution in [-0.2, 0) is 0 Å². The number of benzene rings is 2. The number of hydrogen-bond acceptors (Lipinski definition) is 1. The van der Waals surface area contributed by atoms with Crippen LogP contribution < -0.4 is 0 Å². The zero-order valence-electron chi connectivity index (χ0n) is 13.7. The third-order valence-electron chi connectivity index (χ3n) is 4.98. The van der Waals surface area contributed by atoms with Gasteiger partial charge in [-0.2, -0.15) is 0 Å². The second kappa shape index (κ2) is 6.78. The van der Waals surface area contributed by atoms with E-state index in [9.17, 15) is 0 Å². The molecule has 1 N–H and O–H groups in total. The fraction of sp³-hybridized carbons (Fsp3) is 0.286. The molecule has 1 fully saturated rings. The molecule has 3 heteroatoms. The van der Waals surface area contributed by atoms with Crippen molar-refractivity contribution in [3.05, 3.63) is 65.4 Å². The topological polar surface area (TPSA) is 20.7 Å². The van der Waals surface area contributed by atoms with Crippen molar-refractivity contribution in [3.8, 4) is 22.5 Å². The van der Waals surface area contributed by atoms with Crippen LogP contribution in [0.3, 0.4) is 0 Å². The molecule has 2 aromatic carbocycles. The fourth-order valence-electron chi connectivity index (χ4n) is 3.83. The van der Waals surface area contributed by atoms with Gasteiger partial charge in [0.1, 0.15) is 0 Å². The number of rotatable bonds is 3. The summed E-state index contributed by atoms with van der Waals surface area (Å²) in [5.41, 5.74) is 4.79. The molecule has 0 radical (unpaired) electrons. The predicted molar refractivity (Wildman–Crippen MR) is 103 cm³/mol. The third kappa shape index (κ3) is 2.84. The Morgan fingerprint density at radius 2 is 1.38 bits per heavy atom. The van der Waals surface area contributed by atoms with Crippen molar-refractivity contribution in [3.63, 3.8) is 0 Å². The molecule has 0 atom stereocenters. The molecule has 1 heterocycles. The molecule has 0 saturated heterocycles. The van der Waals surface area contributed by atoms with Crippen molar-refractivity contribution >= 4 is 12.2 Å². The first kappa shape index (κ1) is 15.4. The minimum Gasteiger partial charge on any atom is -0.330 e. The van der Waals surface area contributed by atoms with Crippen LogP contribution in [-0.4, -0.2) is 9.55 Å². The van der Waals surface area contributed by atoms with E-state index in [0.717, 1.165) is 10.5 Å². The molecule has 0 unspecified atom stereocenters. The molecule has 3 aromatic rings. The Balaban J connectivity index is 1.93. The standard InChI is InChI=1S/C21H22N2S/c24-21-22-19(16-10-4-1-5-11-16)20(17-12-6-2-7-13-17)23(21)18-14-8-3-9-15-18/h1-2,4-7,10-13,18H,3,8-9,14-15H2,(H,22,24). The molecule has 1 aliphatic rings. The Morgan fingerprint density at radius 1 is 0.792 bits per heavy atom. The number of imidazole rings is 1. The first-order chi connectivity index (χ1) is 11.8. The summed E-state index contributed by atoms with van der Waals surface area (Å²) >= 11 is 5.75. The highest BCUT2D eigenvalue weighted by molar-refractivity contribution is 7.71. The molecule has 0 amide bonds. The lowest BCUT2D eigenvalue weighted by molar-refractivity contribution is 0.353. The number of nitrogens with zero attached hydrogens (tertiary/aromatic N) is 1. The summed E-state index contributed by atoms with van der Waals surface area (Å²) in [6, 6.07) is 21.7. The van der Waals surface area contributed by atoms with Gasteiger partial charge in [0.2, 0.25) is 0 Å². The van der Waals surface area contributed by atoms with E-state index in [0.29, 0.717) is 6.04 Å². The number of H-pyrrole nitrogens is 1. The number of nitrogens with one attached hydrogen (secondary N) is 1. The fourth-order valence-corrected chi connectivity index (χ4v) is 4.17. The Labute approximate surface area is 148 Å². The second-order valence-corrected chi connectivity index (χ2v) is 6.93. The summed E-state index contributed by atoms with van der Waals surface area (Å²) in [5.74, 6) is 0. The lowest BCUT2D eigenvalue weighted by atomic mass is 9.94. The second-order valence-electron chi connectivity index (χ2n) is 6.55. The minimum absolute atomic E-state index is 0.509. The smallest absolute Gasteiger partial charge is 0.178 e. The molecule has 1 saturated carbocycles. The average molecular weight is 334 g/mol. The van der Waals surface area contributed by atoms with Crippen LogP contribution in [0.2, 0.25) is 0 Å². The summed E-state index contributed by atoms with van der Waals surface area (Å²) < 4.78 is 3.23. The highest BCUT2D eigenvalue weighted by atomic mass is 32.1. The summed E-state index contributed by atoms with van der Waals surface area (Å²) in [7, 11) is 0. The molecule has 2 nitrogen and oxygen atoms in total. The van der Waals surface area contributed by atoms with Crippen LogP contribution in [0.25, 0.3) is 22.5 Å². The summed E-state index contributed by atoms with van der Waals surface area (Å²) in [6.45, 7) is 0. The molecule has 122 valence electrons.